The minimum absolute atomic E-state index is 0.0305. The summed E-state index contributed by atoms with van der Waals surface area (Å²) in [5.74, 6) is 2.31. The van der Waals surface area contributed by atoms with Crippen molar-refractivity contribution >= 4 is 29.6 Å². The van der Waals surface area contributed by atoms with Gasteiger partial charge in [0.15, 0.2) is 11.6 Å². The van der Waals surface area contributed by atoms with Gasteiger partial charge in [-0.2, -0.15) is 0 Å². The molecule has 8 nitrogen and oxygen atoms in total. The number of rotatable bonds is 6. The van der Waals surface area contributed by atoms with Gasteiger partial charge < -0.3 is 19.2 Å². The van der Waals surface area contributed by atoms with Gasteiger partial charge in [0.1, 0.15) is 17.5 Å². The number of anilines is 2. The number of carbonyl (C=O) groups excluding carboxylic acids is 3. The van der Waals surface area contributed by atoms with Crippen LogP contribution in [0.15, 0.2) is 65.6 Å². The second kappa shape index (κ2) is 10.9. The summed E-state index contributed by atoms with van der Waals surface area (Å²) in [6.07, 6.45) is 1.64. The monoisotopic (exact) mass is 532 g/mol. The molecule has 3 amide bonds. The van der Waals surface area contributed by atoms with E-state index < -0.39 is 41.2 Å². The first-order valence-corrected chi connectivity index (χ1v) is 12.1. The molecule has 0 bridgehead atoms. The second-order valence-corrected chi connectivity index (χ2v) is 9.48. The number of aryl methyl sites for hydroxylation is 1. The second-order valence-electron chi connectivity index (χ2n) is 9.48. The number of nitrogens with zero attached hydrogens (tertiary/aromatic N) is 4. The van der Waals surface area contributed by atoms with E-state index in [1.807, 2.05) is 6.07 Å². The van der Waals surface area contributed by atoms with Crippen LogP contribution in [0.4, 0.5) is 25.0 Å². The van der Waals surface area contributed by atoms with Gasteiger partial charge in [0.05, 0.1) is 12.1 Å². The van der Waals surface area contributed by atoms with Crippen molar-refractivity contribution in [2.24, 2.45) is 7.05 Å². The van der Waals surface area contributed by atoms with Crippen LogP contribution in [-0.4, -0.2) is 53.4 Å². The molecule has 10 heteroatoms. The molecule has 0 radical (unpaired) electrons. The van der Waals surface area contributed by atoms with Crippen LogP contribution in [0.5, 0.6) is 0 Å². The Morgan fingerprint density at radius 3 is 2.26 bits per heavy atom. The maximum atomic E-state index is 15.2. The Bertz CT molecular complexity index is 1540. The van der Waals surface area contributed by atoms with Crippen LogP contribution < -0.4 is 15.4 Å². The molecule has 1 fully saturated rings. The van der Waals surface area contributed by atoms with Crippen molar-refractivity contribution in [3.63, 3.8) is 0 Å². The maximum Gasteiger partial charge on any atom is 0.332 e. The zero-order valence-electron chi connectivity index (χ0n) is 21.6. The Labute approximate surface area is 224 Å². The molecule has 0 saturated carbocycles. The number of benzene rings is 2. The van der Waals surface area contributed by atoms with E-state index >= 15 is 8.78 Å². The van der Waals surface area contributed by atoms with Crippen LogP contribution in [0, 0.1) is 23.5 Å². The Balaban J connectivity index is 1.62. The molecule has 200 valence electrons. The lowest BCUT2D eigenvalue weighted by molar-refractivity contribution is -0.128. The third kappa shape index (κ3) is 5.57. The molecule has 1 aromatic heterocycles. The average Bonchev–Trinajstić information content (AvgIpc) is 2.90. The Morgan fingerprint density at radius 2 is 1.64 bits per heavy atom. The molecule has 1 atom stereocenters. The lowest BCUT2D eigenvalue weighted by atomic mass is 9.93. The molecule has 0 N–H and O–H groups in total. The number of hydrogen-bond donors (Lipinski definition) is 0. The van der Waals surface area contributed by atoms with Crippen LogP contribution in [0.2, 0.25) is 0 Å². The van der Waals surface area contributed by atoms with Gasteiger partial charge in [-0.25, -0.2) is 18.5 Å². The number of imide groups is 1. The smallest absolute Gasteiger partial charge is 0.332 e. The molecule has 1 unspecified atom stereocenters. The zero-order valence-corrected chi connectivity index (χ0v) is 21.6. The molecule has 2 aromatic carbocycles. The predicted octanol–water partition coefficient (Wildman–Crippen LogP) is 3.32. The molecular weight excluding hydrogens is 506 g/mol. The van der Waals surface area contributed by atoms with Crippen molar-refractivity contribution in [1.29, 1.82) is 0 Å². The average molecular weight is 533 g/mol. The Hall–Kier alpha value is -4.78. The lowest BCUT2D eigenvalue weighted by Gasteiger charge is -2.44. The number of amides is 3. The van der Waals surface area contributed by atoms with Gasteiger partial charge in [-0.3, -0.25) is 9.59 Å². The third-order valence-corrected chi connectivity index (χ3v) is 6.59. The van der Waals surface area contributed by atoms with Crippen molar-refractivity contribution in [2.75, 3.05) is 29.9 Å². The number of halogens is 2. The molecule has 1 aliphatic heterocycles. The number of carbonyl (C=O) groups is 3. The Kier molecular flexibility index (Phi) is 7.63. The van der Waals surface area contributed by atoms with Crippen LogP contribution in [0.25, 0.3) is 0 Å². The first-order valence-electron chi connectivity index (χ1n) is 12.1. The van der Waals surface area contributed by atoms with E-state index in [0.29, 0.717) is 22.4 Å². The molecule has 3 aromatic rings. The lowest BCUT2D eigenvalue weighted by Crippen LogP contribution is -2.65. The van der Waals surface area contributed by atoms with Crippen molar-refractivity contribution in [3.8, 4) is 11.8 Å². The Morgan fingerprint density at radius 1 is 1.00 bits per heavy atom. The fraction of sp³-hybridized carbons (Fsp3) is 0.241. The molecular formula is C29H26F2N4O4. The van der Waals surface area contributed by atoms with Crippen LogP contribution in [0.1, 0.15) is 24.5 Å². The minimum atomic E-state index is -1.51. The van der Waals surface area contributed by atoms with Crippen LogP contribution >= 0.6 is 0 Å². The molecule has 4 rings (SSSR count). The highest BCUT2D eigenvalue weighted by Gasteiger charge is 2.48. The SMILES string of the molecule is CN(CCN1C(=O)N(c2c(F)cc(C#Cc3ccccc3)cc2F)C(=O)CC1(C)C=O)c1ccc(=O)n(C)c1. The minimum Gasteiger partial charge on any atom is -0.372 e. The summed E-state index contributed by atoms with van der Waals surface area (Å²) in [5.41, 5.74) is -1.17. The van der Waals surface area contributed by atoms with Gasteiger partial charge in [-0.05, 0) is 37.3 Å². The summed E-state index contributed by atoms with van der Waals surface area (Å²) in [6.45, 7) is 1.59. The zero-order chi connectivity index (χ0) is 28.3. The maximum absolute atomic E-state index is 15.2. The molecule has 1 saturated heterocycles. The van der Waals surface area contributed by atoms with Crippen LogP contribution in [-0.2, 0) is 16.6 Å². The van der Waals surface area contributed by atoms with Gasteiger partial charge in [-0.15, -0.1) is 0 Å². The summed E-state index contributed by atoms with van der Waals surface area (Å²) in [5, 5.41) is 0. The van der Waals surface area contributed by atoms with Gasteiger partial charge in [-0.1, -0.05) is 30.0 Å². The van der Waals surface area contributed by atoms with Gasteiger partial charge in [0, 0.05) is 50.6 Å². The number of aldehydes is 1. The van der Waals surface area contributed by atoms with E-state index in [4.69, 9.17) is 0 Å². The quantitative estimate of drug-likeness (QED) is 0.359. The molecule has 39 heavy (non-hydrogen) atoms. The van der Waals surface area contributed by atoms with Crippen LogP contribution in [0.3, 0.4) is 0 Å². The normalized spacial score (nSPS) is 17.1. The van der Waals surface area contributed by atoms with E-state index in [-0.39, 0.29) is 24.2 Å². The topological polar surface area (TPSA) is 82.9 Å². The summed E-state index contributed by atoms with van der Waals surface area (Å²) >= 11 is 0. The standard InChI is InChI=1S/C29H26F2N4O4/c1-29(19-36)17-26(38)35(28(39)34(29)14-13-32(2)22-11-12-25(37)33(3)18-22)27-23(30)15-21(16-24(27)31)10-9-20-7-5-4-6-8-20/h4-8,11-12,15-16,18-19H,13-14,17H2,1-3H3. The summed E-state index contributed by atoms with van der Waals surface area (Å²) < 4.78 is 31.8. The van der Waals surface area contributed by atoms with E-state index in [0.717, 1.165) is 17.0 Å². The predicted molar refractivity (Wildman–Crippen MR) is 142 cm³/mol. The van der Waals surface area contributed by atoms with Crippen molar-refractivity contribution < 1.29 is 23.2 Å². The summed E-state index contributed by atoms with van der Waals surface area (Å²) in [7, 11) is 3.33. The highest BCUT2D eigenvalue weighted by Crippen LogP contribution is 2.33. The van der Waals surface area contributed by atoms with E-state index in [1.165, 1.54) is 17.6 Å². The van der Waals surface area contributed by atoms with E-state index in [9.17, 15) is 19.2 Å². The first-order chi connectivity index (χ1) is 18.5. The molecule has 0 aliphatic carbocycles. The molecule has 0 spiro atoms. The van der Waals surface area contributed by atoms with Crippen molar-refractivity contribution in [2.45, 2.75) is 18.9 Å². The van der Waals surface area contributed by atoms with Gasteiger partial charge >= 0.3 is 6.03 Å². The fourth-order valence-corrected chi connectivity index (χ4v) is 4.30. The van der Waals surface area contributed by atoms with E-state index in [1.54, 1.807) is 55.5 Å². The number of hydrogen-bond acceptors (Lipinski definition) is 5. The number of aromatic nitrogens is 1. The molecule has 1 aliphatic rings. The largest absolute Gasteiger partial charge is 0.372 e. The van der Waals surface area contributed by atoms with Crippen molar-refractivity contribution in [1.82, 2.24) is 9.47 Å². The van der Waals surface area contributed by atoms with Gasteiger partial charge in [0.2, 0.25) is 11.5 Å². The highest BCUT2D eigenvalue weighted by molar-refractivity contribution is 6.18. The number of likely N-dealkylation sites (N-methyl/N-ethyl adjacent to an activating group) is 1. The fourth-order valence-electron chi connectivity index (χ4n) is 4.30. The third-order valence-electron chi connectivity index (χ3n) is 6.59. The van der Waals surface area contributed by atoms with E-state index in [2.05, 4.69) is 11.8 Å². The van der Waals surface area contributed by atoms with Gasteiger partial charge in [0.25, 0.3) is 0 Å². The number of pyridine rings is 1. The first kappa shape index (κ1) is 27.3. The highest BCUT2D eigenvalue weighted by atomic mass is 19.1. The number of urea groups is 1. The summed E-state index contributed by atoms with van der Waals surface area (Å²) in [4.78, 5) is 53.5. The van der Waals surface area contributed by atoms with Crippen molar-refractivity contribution in [3.05, 3.63) is 93.9 Å². The molecule has 2 heterocycles. The summed E-state index contributed by atoms with van der Waals surface area (Å²) in [6, 6.07) is 12.8.